The van der Waals surface area contributed by atoms with E-state index >= 15 is 0 Å². The van der Waals surface area contributed by atoms with E-state index in [9.17, 15) is 16.8 Å². The lowest BCUT2D eigenvalue weighted by Gasteiger charge is -2.10. The van der Waals surface area contributed by atoms with Crippen molar-refractivity contribution >= 4 is 31.5 Å². The minimum Gasteiger partial charge on any atom is -0.393 e. The zero-order chi connectivity index (χ0) is 15.6. The van der Waals surface area contributed by atoms with Crippen molar-refractivity contribution in [3.8, 4) is 0 Å². The molecule has 1 aromatic rings. The lowest BCUT2D eigenvalue weighted by molar-refractivity contribution is 0.186. The number of hydrogen-bond donors (Lipinski definition) is 2. The van der Waals surface area contributed by atoms with Gasteiger partial charge in [0.05, 0.1) is 16.0 Å². The van der Waals surface area contributed by atoms with Crippen molar-refractivity contribution in [2.45, 2.75) is 29.2 Å². The molecule has 0 radical (unpaired) electrons. The summed E-state index contributed by atoms with van der Waals surface area (Å²) in [5.74, 6) is 0. The maximum atomic E-state index is 12.0. The van der Waals surface area contributed by atoms with Gasteiger partial charge in [0.15, 0.2) is 9.84 Å². The van der Waals surface area contributed by atoms with Crippen LogP contribution in [0.5, 0.6) is 0 Å². The van der Waals surface area contributed by atoms with Crippen molar-refractivity contribution < 1.29 is 21.9 Å². The van der Waals surface area contributed by atoms with E-state index in [0.717, 1.165) is 12.3 Å². The topological polar surface area (TPSA) is 101 Å². The van der Waals surface area contributed by atoms with Crippen LogP contribution in [-0.2, 0) is 19.9 Å². The second kappa shape index (κ2) is 6.40. The first-order chi connectivity index (χ1) is 9.04. The Morgan fingerprint density at radius 3 is 2.40 bits per heavy atom. The van der Waals surface area contributed by atoms with Gasteiger partial charge in [-0.05, 0) is 31.5 Å². The minimum absolute atomic E-state index is 0.0272. The summed E-state index contributed by atoms with van der Waals surface area (Å²) in [7, 11) is -7.45. The third kappa shape index (κ3) is 4.71. The third-order valence-electron chi connectivity index (χ3n) is 2.47. The van der Waals surface area contributed by atoms with Gasteiger partial charge < -0.3 is 5.11 Å². The number of aliphatic hydroxyl groups excluding tert-OH is 1. The fourth-order valence-electron chi connectivity index (χ4n) is 1.40. The Hall–Kier alpha value is -0.670. The summed E-state index contributed by atoms with van der Waals surface area (Å²) >= 11 is 5.81. The smallest absolute Gasteiger partial charge is 0.242 e. The average molecular weight is 342 g/mol. The first-order valence-electron chi connectivity index (χ1n) is 5.71. The number of halogens is 1. The van der Waals surface area contributed by atoms with Crippen LogP contribution < -0.4 is 4.72 Å². The molecule has 0 unspecified atom stereocenters. The Morgan fingerprint density at radius 1 is 1.30 bits per heavy atom. The van der Waals surface area contributed by atoms with E-state index in [1.165, 1.54) is 19.1 Å². The molecule has 0 fully saturated rings. The third-order valence-corrected chi connectivity index (χ3v) is 5.53. The highest BCUT2D eigenvalue weighted by Crippen LogP contribution is 2.24. The maximum Gasteiger partial charge on any atom is 0.242 e. The average Bonchev–Trinajstić information content (AvgIpc) is 2.26. The Morgan fingerprint density at radius 2 is 1.90 bits per heavy atom. The fraction of sp³-hybridized carbons (Fsp3) is 0.455. The van der Waals surface area contributed by atoms with Crippen molar-refractivity contribution in [2.24, 2.45) is 0 Å². The Balaban J connectivity index is 3.12. The van der Waals surface area contributed by atoms with Gasteiger partial charge in [-0.25, -0.2) is 21.6 Å². The van der Waals surface area contributed by atoms with Gasteiger partial charge >= 0.3 is 0 Å². The molecule has 0 saturated carbocycles. The van der Waals surface area contributed by atoms with Gasteiger partial charge in [0, 0.05) is 12.8 Å². The van der Waals surface area contributed by atoms with Crippen LogP contribution in [0.3, 0.4) is 0 Å². The molecule has 6 nitrogen and oxygen atoms in total. The fourth-order valence-corrected chi connectivity index (χ4v) is 3.69. The summed E-state index contributed by atoms with van der Waals surface area (Å²) in [6.45, 7) is 1.56. The number of hydrogen-bond acceptors (Lipinski definition) is 5. The highest BCUT2D eigenvalue weighted by atomic mass is 35.5. The highest BCUT2D eigenvalue weighted by molar-refractivity contribution is 7.91. The summed E-state index contributed by atoms with van der Waals surface area (Å²) in [6, 6.07) is 3.48. The molecule has 1 atom stereocenters. The molecular weight excluding hydrogens is 326 g/mol. The Bertz CT molecular complexity index is 683. The van der Waals surface area contributed by atoms with E-state index in [2.05, 4.69) is 4.72 Å². The van der Waals surface area contributed by atoms with Crippen molar-refractivity contribution in [3.05, 3.63) is 23.2 Å². The first kappa shape index (κ1) is 17.4. The molecule has 0 bridgehead atoms. The second-order valence-corrected chi connectivity index (χ2v) is 8.56. The molecule has 0 aromatic heterocycles. The Labute approximate surface area is 123 Å². The van der Waals surface area contributed by atoms with Crippen LogP contribution in [0, 0.1) is 0 Å². The maximum absolute atomic E-state index is 12.0. The number of sulfone groups is 1. The zero-order valence-corrected chi connectivity index (χ0v) is 13.4. The van der Waals surface area contributed by atoms with Gasteiger partial charge in [0.2, 0.25) is 10.0 Å². The molecule has 9 heteroatoms. The van der Waals surface area contributed by atoms with Crippen LogP contribution in [0.4, 0.5) is 0 Å². The molecule has 0 spiro atoms. The SMILES string of the molecule is C[C@H](O)CCNS(=O)(=O)c1cc(S(C)(=O)=O)ccc1Cl. The number of benzene rings is 1. The lowest BCUT2D eigenvalue weighted by atomic mass is 10.3. The van der Waals surface area contributed by atoms with Gasteiger partial charge in [0.25, 0.3) is 0 Å². The van der Waals surface area contributed by atoms with Crippen LogP contribution >= 0.6 is 11.6 Å². The molecule has 20 heavy (non-hydrogen) atoms. The molecular formula is C11H16ClNO5S2. The number of nitrogens with one attached hydrogen (secondary N) is 1. The number of sulfonamides is 1. The molecule has 114 valence electrons. The van der Waals surface area contributed by atoms with Crippen LogP contribution in [-0.4, -0.2) is 40.8 Å². The van der Waals surface area contributed by atoms with Crippen LogP contribution in [0.1, 0.15) is 13.3 Å². The molecule has 0 saturated heterocycles. The molecule has 2 N–H and O–H groups in total. The van der Waals surface area contributed by atoms with Gasteiger partial charge in [-0.2, -0.15) is 0 Å². The van der Waals surface area contributed by atoms with E-state index in [4.69, 9.17) is 16.7 Å². The predicted octanol–water partition coefficient (Wildman–Crippen LogP) is 0.793. The summed E-state index contributed by atoms with van der Waals surface area (Å²) in [5, 5.41) is 9.02. The monoisotopic (exact) mass is 341 g/mol. The normalized spacial score (nSPS) is 14.2. The number of rotatable bonds is 6. The second-order valence-electron chi connectivity index (χ2n) is 4.40. The Kier molecular flexibility index (Phi) is 5.56. The summed E-state index contributed by atoms with van der Waals surface area (Å²) in [6.07, 6.45) is 0.575. The van der Waals surface area contributed by atoms with Crippen LogP contribution in [0.15, 0.2) is 28.0 Å². The summed E-state index contributed by atoms with van der Waals surface area (Å²) < 4.78 is 49.2. The first-order valence-corrected chi connectivity index (χ1v) is 9.46. The van der Waals surface area contributed by atoms with Crippen molar-refractivity contribution in [1.29, 1.82) is 0 Å². The van der Waals surface area contributed by atoms with E-state index in [0.29, 0.717) is 0 Å². The molecule has 0 amide bonds. The lowest BCUT2D eigenvalue weighted by Crippen LogP contribution is -2.27. The molecule has 0 aliphatic carbocycles. The van der Waals surface area contributed by atoms with Gasteiger partial charge in [-0.3, -0.25) is 0 Å². The molecule has 1 aromatic carbocycles. The number of aliphatic hydroxyl groups is 1. The predicted molar refractivity (Wildman–Crippen MR) is 76.0 cm³/mol. The van der Waals surface area contributed by atoms with Crippen LogP contribution in [0.25, 0.3) is 0 Å². The molecule has 0 aliphatic heterocycles. The molecule has 0 aliphatic rings. The van der Waals surface area contributed by atoms with E-state index in [1.807, 2.05) is 0 Å². The van der Waals surface area contributed by atoms with E-state index < -0.39 is 26.0 Å². The summed E-state index contributed by atoms with van der Waals surface area (Å²) in [5.41, 5.74) is 0. The molecule has 1 rings (SSSR count). The molecule has 0 heterocycles. The van der Waals surface area contributed by atoms with Crippen molar-refractivity contribution in [2.75, 3.05) is 12.8 Å². The van der Waals surface area contributed by atoms with E-state index in [-0.39, 0.29) is 27.8 Å². The highest BCUT2D eigenvalue weighted by Gasteiger charge is 2.20. The zero-order valence-electron chi connectivity index (χ0n) is 11.0. The van der Waals surface area contributed by atoms with Gasteiger partial charge in [-0.1, -0.05) is 11.6 Å². The minimum atomic E-state index is -3.93. The van der Waals surface area contributed by atoms with Crippen molar-refractivity contribution in [1.82, 2.24) is 4.72 Å². The largest absolute Gasteiger partial charge is 0.393 e. The van der Waals surface area contributed by atoms with Gasteiger partial charge in [-0.15, -0.1) is 0 Å². The van der Waals surface area contributed by atoms with Crippen molar-refractivity contribution in [3.63, 3.8) is 0 Å². The van der Waals surface area contributed by atoms with Crippen LogP contribution in [0.2, 0.25) is 5.02 Å². The van der Waals surface area contributed by atoms with Gasteiger partial charge in [0.1, 0.15) is 4.90 Å². The quantitative estimate of drug-likeness (QED) is 0.796. The summed E-state index contributed by atoms with van der Waals surface area (Å²) in [4.78, 5) is -0.425. The standard InChI is InChI=1S/C11H16ClNO5S2/c1-8(14)5-6-13-20(17,18)11-7-9(19(2,15)16)3-4-10(11)12/h3-4,7-8,13-14H,5-6H2,1-2H3/t8-/m0/s1. The van der Waals surface area contributed by atoms with E-state index in [1.54, 1.807) is 0 Å².